The van der Waals surface area contributed by atoms with Crippen LogP contribution in [0.1, 0.15) is 23.2 Å². The number of nitrogens with one attached hydrogen (secondary N) is 2. The maximum atomic E-state index is 12.0. The van der Waals surface area contributed by atoms with Crippen molar-refractivity contribution >= 4 is 22.9 Å². The van der Waals surface area contributed by atoms with Crippen LogP contribution in [0.25, 0.3) is 11.0 Å². The third-order valence-corrected chi connectivity index (χ3v) is 3.33. The number of imidazole rings is 1. The molecule has 1 aliphatic carbocycles. The lowest BCUT2D eigenvalue weighted by Crippen LogP contribution is -2.42. The van der Waals surface area contributed by atoms with E-state index in [1.807, 2.05) is 0 Å². The van der Waals surface area contributed by atoms with E-state index in [0.717, 1.165) is 23.9 Å². The molecule has 19 heavy (non-hydrogen) atoms. The van der Waals surface area contributed by atoms with Crippen molar-refractivity contribution in [1.82, 2.24) is 15.3 Å². The van der Waals surface area contributed by atoms with Crippen LogP contribution in [0.2, 0.25) is 0 Å². The Kier molecular flexibility index (Phi) is 2.70. The number of aromatic amines is 1. The molecule has 0 spiro atoms. The second-order valence-electron chi connectivity index (χ2n) is 4.76. The first-order chi connectivity index (χ1) is 9.15. The van der Waals surface area contributed by atoms with Crippen molar-refractivity contribution in [2.75, 3.05) is 0 Å². The lowest BCUT2D eigenvalue weighted by Gasteiger charge is -2.13. The van der Waals surface area contributed by atoms with Crippen molar-refractivity contribution in [3.05, 3.63) is 30.1 Å². The van der Waals surface area contributed by atoms with Gasteiger partial charge in [0.15, 0.2) is 0 Å². The summed E-state index contributed by atoms with van der Waals surface area (Å²) < 4.78 is 0. The Morgan fingerprint density at radius 2 is 2.21 bits per heavy atom. The van der Waals surface area contributed by atoms with Gasteiger partial charge in [-0.25, -0.2) is 9.78 Å². The largest absolute Gasteiger partial charge is 0.480 e. The molecule has 3 N–H and O–H groups in total. The summed E-state index contributed by atoms with van der Waals surface area (Å²) in [4.78, 5) is 30.1. The van der Waals surface area contributed by atoms with Crippen molar-refractivity contribution in [2.45, 2.75) is 18.9 Å². The zero-order chi connectivity index (χ0) is 13.4. The summed E-state index contributed by atoms with van der Waals surface area (Å²) in [7, 11) is 0. The maximum absolute atomic E-state index is 12.0. The molecule has 98 valence electrons. The first-order valence-electron chi connectivity index (χ1n) is 6.12. The minimum absolute atomic E-state index is 0.0670. The first-order valence-corrected chi connectivity index (χ1v) is 6.12. The third kappa shape index (κ3) is 2.29. The van der Waals surface area contributed by atoms with E-state index in [2.05, 4.69) is 15.3 Å². The zero-order valence-corrected chi connectivity index (χ0v) is 10.1. The normalized spacial score (nSPS) is 16.2. The number of aliphatic carboxylic acids is 1. The number of hydrogen-bond donors (Lipinski definition) is 3. The van der Waals surface area contributed by atoms with E-state index >= 15 is 0 Å². The molecule has 1 saturated carbocycles. The summed E-state index contributed by atoms with van der Waals surface area (Å²) in [5, 5.41) is 11.7. The highest BCUT2D eigenvalue weighted by molar-refractivity contribution is 5.99. The van der Waals surface area contributed by atoms with Gasteiger partial charge in [0, 0.05) is 5.56 Å². The average Bonchev–Trinajstić information content (AvgIpc) is 3.11. The van der Waals surface area contributed by atoms with E-state index in [9.17, 15) is 9.59 Å². The van der Waals surface area contributed by atoms with Crippen molar-refractivity contribution in [3.63, 3.8) is 0 Å². The molecule has 2 aromatic rings. The molecule has 6 nitrogen and oxygen atoms in total. The van der Waals surface area contributed by atoms with Gasteiger partial charge >= 0.3 is 5.97 Å². The van der Waals surface area contributed by atoms with Gasteiger partial charge in [0.2, 0.25) is 0 Å². The average molecular weight is 259 g/mol. The van der Waals surface area contributed by atoms with Gasteiger partial charge in [0.1, 0.15) is 6.04 Å². The summed E-state index contributed by atoms with van der Waals surface area (Å²) in [5.41, 5.74) is 1.96. The fourth-order valence-electron chi connectivity index (χ4n) is 2.11. The van der Waals surface area contributed by atoms with Gasteiger partial charge in [-0.15, -0.1) is 0 Å². The second kappa shape index (κ2) is 4.38. The Morgan fingerprint density at radius 1 is 1.42 bits per heavy atom. The molecule has 1 aromatic carbocycles. The lowest BCUT2D eigenvalue weighted by atomic mass is 10.1. The summed E-state index contributed by atoms with van der Waals surface area (Å²) in [6.45, 7) is 0. The second-order valence-corrected chi connectivity index (χ2v) is 4.76. The molecular formula is C13H13N3O3. The topological polar surface area (TPSA) is 95.1 Å². The SMILES string of the molecule is O=C(NC(C(=O)O)C1CC1)c1ccc2nc[nH]c2c1. The Labute approximate surface area is 108 Å². The Bertz CT molecular complexity index is 645. The molecular weight excluding hydrogens is 246 g/mol. The van der Waals surface area contributed by atoms with E-state index in [1.54, 1.807) is 24.5 Å². The number of rotatable bonds is 4. The van der Waals surface area contributed by atoms with Gasteiger partial charge in [-0.3, -0.25) is 4.79 Å². The number of hydrogen-bond acceptors (Lipinski definition) is 3. The van der Waals surface area contributed by atoms with Crippen LogP contribution >= 0.6 is 0 Å². The Morgan fingerprint density at radius 3 is 2.89 bits per heavy atom. The smallest absolute Gasteiger partial charge is 0.326 e. The predicted molar refractivity (Wildman–Crippen MR) is 67.7 cm³/mol. The fraction of sp³-hybridized carbons (Fsp3) is 0.308. The molecule has 1 unspecified atom stereocenters. The van der Waals surface area contributed by atoms with Crippen LogP contribution in [-0.4, -0.2) is 33.0 Å². The minimum Gasteiger partial charge on any atom is -0.480 e. The van der Waals surface area contributed by atoms with E-state index in [4.69, 9.17) is 5.11 Å². The Balaban J connectivity index is 1.80. The summed E-state index contributed by atoms with van der Waals surface area (Å²) in [6, 6.07) is 4.26. The van der Waals surface area contributed by atoms with Crippen LogP contribution in [0.15, 0.2) is 24.5 Å². The number of carbonyl (C=O) groups excluding carboxylic acids is 1. The molecule has 0 radical (unpaired) electrons. The molecule has 0 bridgehead atoms. The molecule has 0 aliphatic heterocycles. The minimum atomic E-state index is -0.974. The maximum Gasteiger partial charge on any atom is 0.326 e. The molecule has 3 rings (SSSR count). The number of amides is 1. The first kappa shape index (κ1) is 11.7. The highest BCUT2D eigenvalue weighted by atomic mass is 16.4. The summed E-state index contributed by atoms with van der Waals surface area (Å²) in [5.74, 6) is -1.27. The van der Waals surface area contributed by atoms with Crippen LogP contribution in [0.3, 0.4) is 0 Å². The van der Waals surface area contributed by atoms with E-state index < -0.39 is 12.0 Å². The molecule has 1 fully saturated rings. The lowest BCUT2D eigenvalue weighted by molar-refractivity contribution is -0.139. The number of nitrogens with zero attached hydrogens (tertiary/aromatic N) is 1. The monoisotopic (exact) mass is 259 g/mol. The van der Waals surface area contributed by atoms with Crippen molar-refractivity contribution < 1.29 is 14.7 Å². The quantitative estimate of drug-likeness (QED) is 0.767. The van der Waals surface area contributed by atoms with E-state index in [-0.39, 0.29) is 11.8 Å². The van der Waals surface area contributed by atoms with E-state index in [0.29, 0.717) is 5.56 Å². The molecule has 1 amide bonds. The number of fused-ring (bicyclic) bond motifs is 1. The van der Waals surface area contributed by atoms with Gasteiger partial charge < -0.3 is 15.4 Å². The zero-order valence-electron chi connectivity index (χ0n) is 10.1. The standard InChI is InChI=1S/C13H13N3O3/c17-12(16-11(13(18)19)7-1-2-7)8-3-4-9-10(5-8)15-6-14-9/h3-7,11H,1-2H2,(H,14,15)(H,16,17)(H,18,19). The van der Waals surface area contributed by atoms with Gasteiger partial charge in [-0.1, -0.05) is 0 Å². The highest BCUT2D eigenvalue weighted by Crippen LogP contribution is 2.32. The van der Waals surface area contributed by atoms with Crippen LogP contribution in [0.4, 0.5) is 0 Å². The van der Waals surface area contributed by atoms with E-state index in [1.165, 1.54) is 0 Å². The van der Waals surface area contributed by atoms with Crippen LogP contribution in [0.5, 0.6) is 0 Å². The van der Waals surface area contributed by atoms with Gasteiger partial charge in [0.05, 0.1) is 17.4 Å². The predicted octanol–water partition coefficient (Wildman–Crippen LogP) is 1.16. The molecule has 1 aromatic heterocycles. The number of carboxylic acid groups (broad SMARTS) is 1. The molecule has 1 aliphatic rings. The molecule has 6 heteroatoms. The Hall–Kier alpha value is -2.37. The van der Waals surface area contributed by atoms with Crippen molar-refractivity contribution in [1.29, 1.82) is 0 Å². The molecule has 0 saturated heterocycles. The van der Waals surface area contributed by atoms with Crippen molar-refractivity contribution in [3.8, 4) is 0 Å². The van der Waals surface area contributed by atoms with Crippen LogP contribution in [-0.2, 0) is 4.79 Å². The third-order valence-electron chi connectivity index (χ3n) is 3.33. The molecule has 1 atom stereocenters. The number of H-pyrrole nitrogens is 1. The van der Waals surface area contributed by atoms with Crippen LogP contribution in [0, 0.1) is 5.92 Å². The number of carboxylic acids is 1. The van der Waals surface area contributed by atoms with Gasteiger partial charge in [-0.2, -0.15) is 0 Å². The summed E-state index contributed by atoms with van der Waals surface area (Å²) in [6.07, 6.45) is 3.27. The number of aromatic nitrogens is 2. The van der Waals surface area contributed by atoms with Gasteiger partial charge in [0.25, 0.3) is 5.91 Å². The summed E-state index contributed by atoms with van der Waals surface area (Å²) >= 11 is 0. The number of carbonyl (C=O) groups is 2. The fourth-order valence-corrected chi connectivity index (χ4v) is 2.11. The van der Waals surface area contributed by atoms with Gasteiger partial charge in [-0.05, 0) is 37.0 Å². The molecule has 1 heterocycles. The van der Waals surface area contributed by atoms with Crippen molar-refractivity contribution in [2.24, 2.45) is 5.92 Å². The number of benzene rings is 1. The van der Waals surface area contributed by atoms with Crippen LogP contribution < -0.4 is 5.32 Å². The highest BCUT2D eigenvalue weighted by Gasteiger charge is 2.37.